The van der Waals surface area contributed by atoms with Gasteiger partial charge in [-0.05, 0) is 42.8 Å². The summed E-state index contributed by atoms with van der Waals surface area (Å²) in [5.41, 5.74) is 0. The third kappa shape index (κ3) is 2.57. The lowest BCUT2D eigenvalue weighted by Gasteiger charge is -2.40. The SMILES string of the molecule is CC(C)(C)[Si](C)(C)O[C@@H]1[C@H]2C[C@@H]2C[C@@H]1NC(=O)O. The van der Waals surface area contributed by atoms with Crippen molar-refractivity contribution in [3.8, 4) is 0 Å². The van der Waals surface area contributed by atoms with Crippen LogP contribution in [-0.2, 0) is 4.43 Å². The molecular weight excluding hydrogens is 246 g/mol. The molecule has 18 heavy (non-hydrogen) atoms. The summed E-state index contributed by atoms with van der Waals surface area (Å²) in [4.78, 5) is 10.8. The van der Waals surface area contributed by atoms with Crippen molar-refractivity contribution in [2.45, 2.75) is 63.9 Å². The summed E-state index contributed by atoms with van der Waals surface area (Å²) in [6.07, 6.45) is 1.35. The molecule has 1 amide bonds. The first-order valence-electron chi connectivity index (χ1n) is 6.79. The Labute approximate surface area is 110 Å². The molecule has 104 valence electrons. The minimum Gasteiger partial charge on any atom is -0.465 e. The van der Waals surface area contributed by atoms with E-state index in [0.29, 0.717) is 11.8 Å². The van der Waals surface area contributed by atoms with Crippen molar-refractivity contribution in [3.63, 3.8) is 0 Å². The van der Waals surface area contributed by atoms with Crippen LogP contribution in [0.4, 0.5) is 4.79 Å². The van der Waals surface area contributed by atoms with Crippen LogP contribution in [0.3, 0.4) is 0 Å². The zero-order chi connectivity index (χ0) is 13.7. The van der Waals surface area contributed by atoms with E-state index in [9.17, 15) is 4.79 Å². The fraction of sp³-hybridized carbons (Fsp3) is 0.923. The van der Waals surface area contributed by atoms with Crippen LogP contribution in [0.1, 0.15) is 33.6 Å². The van der Waals surface area contributed by atoms with Crippen LogP contribution in [0.15, 0.2) is 0 Å². The lowest BCUT2D eigenvalue weighted by Crippen LogP contribution is -2.50. The molecule has 4 nitrogen and oxygen atoms in total. The molecular formula is C13H25NO3Si. The number of nitrogens with one attached hydrogen (secondary N) is 1. The van der Waals surface area contributed by atoms with Crippen molar-refractivity contribution in [1.29, 1.82) is 0 Å². The van der Waals surface area contributed by atoms with Crippen LogP contribution in [0.5, 0.6) is 0 Å². The minimum atomic E-state index is -1.81. The Morgan fingerprint density at radius 3 is 2.44 bits per heavy atom. The number of hydrogen-bond acceptors (Lipinski definition) is 2. The first-order chi connectivity index (χ1) is 8.12. The first-order valence-corrected chi connectivity index (χ1v) is 9.70. The smallest absolute Gasteiger partial charge is 0.404 e. The maximum Gasteiger partial charge on any atom is 0.404 e. The van der Waals surface area contributed by atoms with E-state index >= 15 is 0 Å². The first kappa shape index (κ1) is 13.9. The summed E-state index contributed by atoms with van der Waals surface area (Å²) in [7, 11) is -1.81. The molecule has 5 heteroatoms. The molecule has 2 rings (SSSR count). The van der Waals surface area contributed by atoms with E-state index in [1.54, 1.807) is 0 Å². The maximum absolute atomic E-state index is 10.8. The van der Waals surface area contributed by atoms with Crippen molar-refractivity contribution < 1.29 is 14.3 Å². The van der Waals surface area contributed by atoms with Crippen LogP contribution < -0.4 is 5.32 Å². The molecule has 0 heterocycles. The van der Waals surface area contributed by atoms with Gasteiger partial charge in [-0.2, -0.15) is 0 Å². The van der Waals surface area contributed by atoms with Gasteiger partial charge in [-0.3, -0.25) is 0 Å². The van der Waals surface area contributed by atoms with Gasteiger partial charge >= 0.3 is 6.09 Å². The Hall–Kier alpha value is -0.553. The van der Waals surface area contributed by atoms with Gasteiger partial charge in [0.1, 0.15) is 0 Å². The summed E-state index contributed by atoms with van der Waals surface area (Å²) in [6, 6.07) is 0.000347. The number of carboxylic acid groups (broad SMARTS) is 1. The van der Waals surface area contributed by atoms with Crippen molar-refractivity contribution in [1.82, 2.24) is 5.32 Å². The number of rotatable bonds is 3. The summed E-state index contributed by atoms with van der Waals surface area (Å²) in [5, 5.41) is 11.7. The van der Waals surface area contributed by atoms with E-state index in [4.69, 9.17) is 9.53 Å². The predicted molar refractivity (Wildman–Crippen MR) is 73.2 cm³/mol. The van der Waals surface area contributed by atoms with E-state index in [2.05, 4.69) is 39.2 Å². The lowest BCUT2D eigenvalue weighted by molar-refractivity contribution is 0.126. The van der Waals surface area contributed by atoms with E-state index in [1.165, 1.54) is 6.42 Å². The van der Waals surface area contributed by atoms with E-state index in [1.807, 2.05) is 0 Å². The second kappa shape index (κ2) is 4.23. The Morgan fingerprint density at radius 2 is 1.94 bits per heavy atom. The van der Waals surface area contributed by atoms with Gasteiger partial charge in [0.2, 0.25) is 0 Å². The van der Waals surface area contributed by atoms with Crippen LogP contribution in [0.2, 0.25) is 18.1 Å². The Bertz CT molecular complexity index is 351. The highest BCUT2D eigenvalue weighted by Crippen LogP contribution is 2.54. The van der Waals surface area contributed by atoms with Crippen LogP contribution in [0, 0.1) is 11.8 Å². The molecule has 0 unspecified atom stereocenters. The van der Waals surface area contributed by atoms with Gasteiger partial charge in [-0.15, -0.1) is 0 Å². The summed E-state index contributed by atoms with van der Waals surface area (Å²) >= 11 is 0. The number of carbonyl (C=O) groups is 1. The Morgan fingerprint density at radius 1 is 1.33 bits per heavy atom. The fourth-order valence-corrected chi connectivity index (χ4v) is 4.06. The molecule has 0 aromatic heterocycles. The number of hydrogen-bond donors (Lipinski definition) is 2. The Balaban J connectivity index is 2.04. The van der Waals surface area contributed by atoms with Crippen molar-refractivity contribution in [2.75, 3.05) is 0 Å². The van der Waals surface area contributed by atoms with E-state index in [0.717, 1.165) is 6.42 Å². The molecule has 2 aliphatic carbocycles. The summed E-state index contributed by atoms with van der Waals surface area (Å²) in [5.74, 6) is 1.28. The molecule has 2 aliphatic rings. The van der Waals surface area contributed by atoms with Gasteiger partial charge in [-0.25, -0.2) is 4.79 Å². The summed E-state index contributed by atoms with van der Waals surface area (Å²) in [6.45, 7) is 11.1. The minimum absolute atomic E-state index is 0.000347. The van der Waals surface area contributed by atoms with Gasteiger partial charge in [0.25, 0.3) is 0 Å². The summed E-state index contributed by atoms with van der Waals surface area (Å²) < 4.78 is 6.44. The second-order valence-electron chi connectivity index (χ2n) is 7.29. The van der Waals surface area contributed by atoms with Crippen molar-refractivity contribution >= 4 is 14.4 Å². The van der Waals surface area contributed by atoms with E-state index in [-0.39, 0.29) is 17.2 Å². The average molecular weight is 271 g/mol. The highest BCUT2D eigenvalue weighted by atomic mass is 28.4. The molecule has 0 spiro atoms. The molecule has 0 radical (unpaired) electrons. The molecule has 4 atom stereocenters. The van der Waals surface area contributed by atoms with Gasteiger partial charge < -0.3 is 14.8 Å². The average Bonchev–Trinajstić information content (AvgIpc) is 2.83. The quantitative estimate of drug-likeness (QED) is 0.776. The number of fused-ring (bicyclic) bond motifs is 1. The number of amides is 1. The molecule has 0 saturated heterocycles. The molecule has 0 aromatic carbocycles. The van der Waals surface area contributed by atoms with E-state index < -0.39 is 14.4 Å². The predicted octanol–water partition coefficient (Wildman–Crippen LogP) is 3.05. The van der Waals surface area contributed by atoms with Crippen molar-refractivity contribution in [3.05, 3.63) is 0 Å². The highest BCUT2D eigenvalue weighted by Gasteiger charge is 2.56. The monoisotopic (exact) mass is 271 g/mol. The zero-order valence-electron chi connectivity index (χ0n) is 12.0. The lowest BCUT2D eigenvalue weighted by atomic mass is 10.1. The second-order valence-corrected chi connectivity index (χ2v) is 12.1. The fourth-order valence-electron chi connectivity index (χ4n) is 2.69. The topological polar surface area (TPSA) is 58.6 Å². The largest absolute Gasteiger partial charge is 0.465 e. The third-order valence-corrected chi connectivity index (χ3v) is 9.37. The van der Waals surface area contributed by atoms with Gasteiger partial charge in [0.15, 0.2) is 8.32 Å². The normalized spacial score (nSPS) is 35.2. The Kier molecular flexibility index (Phi) is 3.26. The molecule has 2 N–H and O–H groups in total. The van der Waals surface area contributed by atoms with Crippen LogP contribution >= 0.6 is 0 Å². The standard InChI is InChI=1S/C13H25NO3Si/c1-13(2,3)18(4,5)17-11-9-6-8(9)7-10(11)14-12(15)16/h8-11,14H,6-7H2,1-5H3,(H,15,16)/t8-,9+,10+,11-/m1/s1. The van der Waals surface area contributed by atoms with Gasteiger partial charge in [0, 0.05) is 0 Å². The van der Waals surface area contributed by atoms with Gasteiger partial charge in [-0.1, -0.05) is 20.8 Å². The maximum atomic E-state index is 10.8. The van der Waals surface area contributed by atoms with Crippen LogP contribution in [0.25, 0.3) is 0 Å². The highest BCUT2D eigenvalue weighted by molar-refractivity contribution is 6.74. The van der Waals surface area contributed by atoms with Crippen LogP contribution in [-0.4, -0.2) is 31.7 Å². The zero-order valence-corrected chi connectivity index (χ0v) is 13.0. The molecule has 2 saturated carbocycles. The third-order valence-electron chi connectivity index (χ3n) is 4.90. The molecule has 2 fully saturated rings. The van der Waals surface area contributed by atoms with Crippen molar-refractivity contribution in [2.24, 2.45) is 11.8 Å². The molecule has 0 aliphatic heterocycles. The van der Waals surface area contributed by atoms with Gasteiger partial charge in [0.05, 0.1) is 12.1 Å². The molecule has 0 bridgehead atoms. The molecule has 0 aromatic rings.